The third-order valence-electron chi connectivity index (χ3n) is 4.85. The molecule has 0 aromatic carbocycles. The summed E-state index contributed by atoms with van der Waals surface area (Å²) >= 11 is 0. The summed E-state index contributed by atoms with van der Waals surface area (Å²) < 4.78 is 5.38. The fourth-order valence-electron chi connectivity index (χ4n) is 3.28. The highest BCUT2D eigenvalue weighted by Crippen LogP contribution is 2.19. The number of urea groups is 1. The van der Waals surface area contributed by atoms with Crippen LogP contribution in [0.25, 0.3) is 0 Å². The van der Waals surface area contributed by atoms with Crippen molar-refractivity contribution in [2.24, 2.45) is 0 Å². The van der Waals surface area contributed by atoms with Crippen LogP contribution >= 0.6 is 0 Å². The second-order valence-corrected chi connectivity index (χ2v) is 6.77. The molecule has 1 fully saturated rings. The van der Waals surface area contributed by atoms with Gasteiger partial charge in [0.1, 0.15) is 6.33 Å². The highest BCUT2D eigenvalue weighted by Gasteiger charge is 2.23. The fraction of sp³-hybridized carbons (Fsp3) is 0.500. The van der Waals surface area contributed by atoms with Crippen LogP contribution in [-0.4, -0.2) is 56.7 Å². The van der Waals surface area contributed by atoms with E-state index < -0.39 is 0 Å². The van der Waals surface area contributed by atoms with E-state index in [0.717, 1.165) is 49.3 Å². The zero-order chi connectivity index (χ0) is 18.5. The summed E-state index contributed by atoms with van der Waals surface area (Å²) in [6.45, 7) is 3.08. The third-order valence-corrected chi connectivity index (χ3v) is 4.85. The van der Waals surface area contributed by atoms with Crippen molar-refractivity contribution in [2.45, 2.75) is 38.4 Å². The number of hydrogen-bond acceptors (Lipinski definition) is 7. The molecule has 2 N–H and O–H groups in total. The van der Waals surface area contributed by atoms with Crippen LogP contribution in [0, 0.1) is 0 Å². The summed E-state index contributed by atoms with van der Waals surface area (Å²) in [5, 5.41) is 6.30. The molecule has 0 atom stereocenters. The van der Waals surface area contributed by atoms with Gasteiger partial charge in [-0.3, -0.25) is 0 Å². The summed E-state index contributed by atoms with van der Waals surface area (Å²) in [6.07, 6.45) is 9.41. The van der Waals surface area contributed by atoms with Gasteiger partial charge in [-0.2, -0.15) is 0 Å². The predicted octanol–water partition coefficient (Wildman–Crippen LogP) is 1.13. The molecule has 4 rings (SSSR count). The normalized spacial score (nSPS) is 17.3. The number of nitrogens with one attached hydrogen (secondary N) is 2. The van der Waals surface area contributed by atoms with Gasteiger partial charge in [-0.15, -0.1) is 0 Å². The molecule has 2 aromatic heterocycles. The Kier molecular flexibility index (Phi) is 5.38. The van der Waals surface area contributed by atoms with Crippen LogP contribution in [0.3, 0.4) is 0 Å². The first kappa shape index (κ1) is 17.6. The van der Waals surface area contributed by atoms with Crippen LogP contribution in [0.4, 0.5) is 10.7 Å². The molecule has 9 heteroatoms. The van der Waals surface area contributed by atoms with Gasteiger partial charge in [0.15, 0.2) is 0 Å². The van der Waals surface area contributed by atoms with Gasteiger partial charge in [0, 0.05) is 56.5 Å². The molecule has 2 aromatic rings. The Morgan fingerprint density at radius 2 is 2.04 bits per heavy atom. The molecule has 2 aliphatic heterocycles. The largest absolute Gasteiger partial charge is 0.381 e. The van der Waals surface area contributed by atoms with Gasteiger partial charge in [0.25, 0.3) is 0 Å². The summed E-state index contributed by atoms with van der Waals surface area (Å²) in [5.41, 5.74) is 2.88. The second-order valence-electron chi connectivity index (χ2n) is 6.77. The first-order chi connectivity index (χ1) is 13.3. The van der Waals surface area contributed by atoms with E-state index in [-0.39, 0.29) is 6.03 Å². The predicted molar refractivity (Wildman–Crippen MR) is 97.9 cm³/mol. The molecule has 0 aliphatic carbocycles. The number of amides is 2. The van der Waals surface area contributed by atoms with Crippen LogP contribution in [0.5, 0.6) is 0 Å². The summed E-state index contributed by atoms with van der Waals surface area (Å²) in [7, 11) is 0. The molecule has 27 heavy (non-hydrogen) atoms. The van der Waals surface area contributed by atoms with E-state index >= 15 is 0 Å². The molecule has 9 nitrogen and oxygen atoms in total. The van der Waals surface area contributed by atoms with Crippen LogP contribution in [-0.2, 0) is 24.2 Å². The van der Waals surface area contributed by atoms with Crippen molar-refractivity contribution in [1.82, 2.24) is 30.2 Å². The fourth-order valence-corrected chi connectivity index (χ4v) is 3.28. The minimum atomic E-state index is -0.109. The average molecular weight is 369 g/mol. The molecule has 0 radical (unpaired) electrons. The smallest absolute Gasteiger partial charge is 0.318 e. The van der Waals surface area contributed by atoms with E-state index in [1.807, 2.05) is 6.20 Å². The number of carbonyl (C=O) groups is 1. The zero-order valence-corrected chi connectivity index (χ0v) is 15.1. The Morgan fingerprint density at radius 3 is 2.85 bits per heavy atom. The molecule has 142 valence electrons. The first-order valence-corrected chi connectivity index (χ1v) is 9.23. The van der Waals surface area contributed by atoms with E-state index in [1.54, 1.807) is 17.3 Å². The van der Waals surface area contributed by atoms with Gasteiger partial charge in [0.05, 0.1) is 12.2 Å². The molecule has 0 spiro atoms. The Hall–Kier alpha value is -2.81. The molecule has 1 saturated heterocycles. The van der Waals surface area contributed by atoms with Crippen LogP contribution in [0.2, 0.25) is 0 Å². The van der Waals surface area contributed by atoms with Gasteiger partial charge in [-0.1, -0.05) is 0 Å². The number of nitrogens with zero attached hydrogens (tertiary/aromatic N) is 5. The topological polar surface area (TPSA) is 105 Å². The quantitative estimate of drug-likeness (QED) is 0.832. The van der Waals surface area contributed by atoms with Gasteiger partial charge < -0.3 is 20.3 Å². The van der Waals surface area contributed by atoms with Gasteiger partial charge in [-0.05, 0) is 24.8 Å². The molecular formula is C18H23N7O2. The van der Waals surface area contributed by atoms with Crippen molar-refractivity contribution >= 4 is 12.0 Å². The van der Waals surface area contributed by atoms with Crippen LogP contribution < -0.4 is 10.6 Å². The summed E-state index contributed by atoms with van der Waals surface area (Å²) in [6, 6.07) is 0.231. The van der Waals surface area contributed by atoms with Crippen LogP contribution in [0.15, 0.2) is 24.9 Å². The number of aromatic nitrogens is 4. The Labute approximate surface area is 157 Å². The number of hydrogen-bond donors (Lipinski definition) is 2. The minimum absolute atomic E-state index is 0.109. The Bertz CT molecular complexity index is 781. The van der Waals surface area contributed by atoms with Gasteiger partial charge in [0.2, 0.25) is 5.95 Å². The second kappa shape index (κ2) is 8.26. The Morgan fingerprint density at radius 1 is 1.22 bits per heavy atom. The van der Waals surface area contributed by atoms with Crippen LogP contribution in [0.1, 0.15) is 29.7 Å². The number of rotatable bonds is 4. The maximum atomic E-state index is 12.5. The standard InChI is InChI=1S/C18H23N7O2/c26-18(22-9-13-7-19-12-20-8-13)25-4-1-14-10-21-17(24-16(14)11-25)23-15-2-5-27-6-3-15/h7-8,10,12,15H,1-6,9,11H2,(H,22,26)(H,21,23,24). The highest BCUT2D eigenvalue weighted by atomic mass is 16.5. The number of anilines is 1. The van der Waals surface area contributed by atoms with E-state index in [0.29, 0.717) is 31.6 Å². The highest BCUT2D eigenvalue weighted by molar-refractivity contribution is 5.74. The number of fused-ring (bicyclic) bond motifs is 1. The van der Waals surface area contributed by atoms with E-state index in [9.17, 15) is 4.79 Å². The summed E-state index contributed by atoms with van der Waals surface area (Å²) in [5.74, 6) is 0.629. The lowest BCUT2D eigenvalue weighted by atomic mass is 10.1. The molecule has 0 saturated carbocycles. The number of carbonyl (C=O) groups excluding carboxylic acids is 1. The van der Waals surface area contributed by atoms with Crippen molar-refractivity contribution < 1.29 is 9.53 Å². The van der Waals surface area contributed by atoms with Gasteiger partial charge in [-0.25, -0.2) is 24.7 Å². The molecular weight excluding hydrogens is 346 g/mol. The zero-order valence-electron chi connectivity index (χ0n) is 15.1. The van der Waals surface area contributed by atoms with E-state index in [2.05, 4.69) is 30.6 Å². The van der Waals surface area contributed by atoms with Gasteiger partial charge >= 0.3 is 6.03 Å². The lowest BCUT2D eigenvalue weighted by molar-refractivity contribution is 0.0903. The number of ether oxygens (including phenoxy) is 1. The summed E-state index contributed by atoms with van der Waals surface area (Å²) in [4.78, 5) is 31.3. The monoisotopic (exact) mass is 369 g/mol. The molecule has 4 heterocycles. The molecule has 0 unspecified atom stereocenters. The lowest BCUT2D eigenvalue weighted by Gasteiger charge is -2.29. The van der Waals surface area contributed by atoms with Crippen molar-refractivity contribution in [3.05, 3.63) is 41.7 Å². The van der Waals surface area contributed by atoms with Crippen molar-refractivity contribution in [3.8, 4) is 0 Å². The van der Waals surface area contributed by atoms with E-state index in [1.165, 1.54) is 6.33 Å². The maximum absolute atomic E-state index is 12.5. The third kappa shape index (κ3) is 4.48. The molecule has 2 aliphatic rings. The van der Waals surface area contributed by atoms with E-state index in [4.69, 9.17) is 4.74 Å². The van der Waals surface area contributed by atoms with Crippen molar-refractivity contribution in [1.29, 1.82) is 0 Å². The lowest BCUT2D eigenvalue weighted by Crippen LogP contribution is -2.43. The Balaban J connectivity index is 1.36. The van der Waals surface area contributed by atoms with Crippen molar-refractivity contribution in [3.63, 3.8) is 0 Å². The average Bonchev–Trinajstić information content (AvgIpc) is 2.73. The maximum Gasteiger partial charge on any atom is 0.318 e. The molecule has 0 bridgehead atoms. The SMILES string of the molecule is O=C(NCc1cncnc1)N1CCc2cnc(NC3CCOCC3)nc2C1. The first-order valence-electron chi connectivity index (χ1n) is 9.23. The van der Waals surface area contributed by atoms with Crippen molar-refractivity contribution in [2.75, 3.05) is 25.1 Å². The molecule has 2 amide bonds. The minimum Gasteiger partial charge on any atom is -0.381 e.